The Bertz CT molecular complexity index is 795. The van der Waals surface area contributed by atoms with Crippen molar-refractivity contribution in [2.75, 3.05) is 44.6 Å². The van der Waals surface area contributed by atoms with Gasteiger partial charge in [-0.2, -0.15) is 0 Å². The number of piperidine rings is 1. The number of likely N-dealkylation sites (tertiary alicyclic amines) is 1. The van der Waals surface area contributed by atoms with Gasteiger partial charge < -0.3 is 15.0 Å². The summed E-state index contributed by atoms with van der Waals surface area (Å²) in [4.78, 5) is 31.7. The molecule has 1 aromatic rings. The number of hydrogen-bond acceptors (Lipinski definition) is 5. The number of nitrogens with zero attached hydrogens (tertiary/aromatic N) is 3. The highest BCUT2D eigenvalue weighted by Gasteiger charge is 2.33. The molecular formula is C23H33F3N4O3. The zero-order valence-corrected chi connectivity index (χ0v) is 19.2. The first-order chi connectivity index (χ1) is 15.7. The van der Waals surface area contributed by atoms with Gasteiger partial charge in [-0.15, -0.1) is 13.2 Å². The number of benzene rings is 1. The predicted molar refractivity (Wildman–Crippen MR) is 119 cm³/mol. The average Bonchev–Trinajstić information content (AvgIpc) is 2.79. The number of halogens is 3. The van der Waals surface area contributed by atoms with Crippen LogP contribution in [0, 0.1) is 0 Å². The monoisotopic (exact) mass is 470 g/mol. The Balaban J connectivity index is 1.43. The third-order valence-corrected chi connectivity index (χ3v) is 6.43. The molecule has 0 bridgehead atoms. The Kier molecular flexibility index (Phi) is 8.58. The highest BCUT2D eigenvalue weighted by molar-refractivity contribution is 5.92. The zero-order chi connectivity index (χ0) is 24.0. The fourth-order valence-electron chi connectivity index (χ4n) is 4.56. The average molecular weight is 471 g/mol. The second kappa shape index (κ2) is 11.2. The number of alkyl halides is 3. The number of ether oxygens (including phenoxy) is 1. The molecule has 2 saturated heterocycles. The second-order valence-electron chi connectivity index (χ2n) is 8.70. The lowest BCUT2D eigenvalue weighted by atomic mass is 9.99. The lowest BCUT2D eigenvalue weighted by Crippen LogP contribution is -2.57. The van der Waals surface area contributed by atoms with Gasteiger partial charge in [-0.1, -0.05) is 6.92 Å². The van der Waals surface area contributed by atoms with Gasteiger partial charge in [0.15, 0.2) is 0 Å². The first-order valence-electron chi connectivity index (χ1n) is 11.6. The van der Waals surface area contributed by atoms with Gasteiger partial charge in [0.05, 0.1) is 12.6 Å². The van der Waals surface area contributed by atoms with Crippen LogP contribution in [0.2, 0.25) is 0 Å². The van der Waals surface area contributed by atoms with E-state index in [1.807, 2.05) is 11.8 Å². The van der Waals surface area contributed by atoms with Gasteiger partial charge >= 0.3 is 6.36 Å². The third-order valence-electron chi connectivity index (χ3n) is 6.43. The highest BCUT2D eigenvalue weighted by atomic mass is 19.4. The summed E-state index contributed by atoms with van der Waals surface area (Å²) in [5.74, 6) is -0.378. The Morgan fingerprint density at radius 2 is 1.76 bits per heavy atom. The number of piperazine rings is 1. The van der Waals surface area contributed by atoms with Gasteiger partial charge in [0.2, 0.25) is 11.8 Å². The summed E-state index contributed by atoms with van der Waals surface area (Å²) in [5, 5.41) is 2.69. The fraction of sp³-hybridized carbons (Fsp3) is 0.652. The van der Waals surface area contributed by atoms with Gasteiger partial charge in [0.1, 0.15) is 5.75 Å². The number of amides is 2. The van der Waals surface area contributed by atoms with Crippen molar-refractivity contribution >= 4 is 17.5 Å². The normalized spacial score (nSPS) is 21.5. The maximum atomic E-state index is 13.1. The molecule has 2 fully saturated rings. The summed E-state index contributed by atoms with van der Waals surface area (Å²) in [5.41, 5.74) is 0.402. The van der Waals surface area contributed by atoms with Gasteiger partial charge in [0.25, 0.3) is 0 Å². The lowest BCUT2D eigenvalue weighted by Gasteiger charge is -2.42. The van der Waals surface area contributed by atoms with Crippen LogP contribution in [-0.4, -0.2) is 84.2 Å². The topological polar surface area (TPSA) is 65.1 Å². The number of anilines is 1. The van der Waals surface area contributed by atoms with Crippen LogP contribution in [0.15, 0.2) is 24.3 Å². The Morgan fingerprint density at radius 3 is 2.36 bits per heavy atom. The minimum absolute atomic E-state index is 0.175. The smallest absolute Gasteiger partial charge is 0.406 e. The molecule has 1 aromatic carbocycles. The summed E-state index contributed by atoms with van der Waals surface area (Å²) < 4.78 is 40.5. The van der Waals surface area contributed by atoms with Crippen LogP contribution in [0.4, 0.5) is 18.9 Å². The van der Waals surface area contributed by atoms with Crippen molar-refractivity contribution in [3.05, 3.63) is 24.3 Å². The molecule has 2 amide bonds. The Morgan fingerprint density at radius 1 is 1.09 bits per heavy atom. The van der Waals surface area contributed by atoms with Crippen molar-refractivity contribution in [2.24, 2.45) is 0 Å². The largest absolute Gasteiger partial charge is 0.573 e. The van der Waals surface area contributed by atoms with Crippen LogP contribution in [0.3, 0.4) is 0 Å². The van der Waals surface area contributed by atoms with E-state index in [9.17, 15) is 22.8 Å². The van der Waals surface area contributed by atoms with Gasteiger partial charge in [-0.05, 0) is 56.9 Å². The van der Waals surface area contributed by atoms with E-state index in [2.05, 4.69) is 26.8 Å². The van der Waals surface area contributed by atoms with E-state index in [1.165, 1.54) is 18.6 Å². The molecule has 33 heavy (non-hydrogen) atoms. The third kappa shape index (κ3) is 7.33. The van der Waals surface area contributed by atoms with Crippen LogP contribution in [0.25, 0.3) is 0 Å². The summed E-state index contributed by atoms with van der Waals surface area (Å²) in [7, 11) is 0. The number of carbonyl (C=O) groups is 2. The zero-order valence-electron chi connectivity index (χ0n) is 19.2. The van der Waals surface area contributed by atoms with E-state index in [0.29, 0.717) is 37.9 Å². The standard InChI is InChI=1S/C23H33F3N4O3/c1-3-19-6-4-5-11-30(19)22(32)17(2)29-14-12-28(13-15-29)16-21(31)27-18-7-9-20(10-8-18)33-23(24,25)26/h7-10,17,19H,3-6,11-16H2,1-2H3,(H,27,31). The summed E-state index contributed by atoms with van der Waals surface area (Å²) in [6.45, 7) is 7.86. The molecule has 0 saturated carbocycles. The molecule has 7 nitrogen and oxygen atoms in total. The van der Waals surface area contributed by atoms with E-state index >= 15 is 0 Å². The molecule has 0 radical (unpaired) electrons. The molecule has 2 atom stereocenters. The van der Waals surface area contributed by atoms with Crippen LogP contribution in [0.1, 0.15) is 39.5 Å². The molecule has 3 rings (SSSR count). The van der Waals surface area contributed by atoms with Crippen LogP contribution < -0.4 is 10.1 Å². The summed E-state index contributed by atoms with van der Waals surface area (Å²) in [6, 6.07) is 5.22. The highest BCUT2D eigenvalue weighted by Crippen LogP contribution is 2.24. The molecule has 2 aliphatic rings. The van der Waals surface area contributed by atoms with Crippen LogP contribution >= 0.6 is 0 Å². The molecule has 2 aliphatic heterocycles. The molecule has 10 heteroatoms. The van der Waals surface area contributed by atoms with Crippen LogP contribution in [0.5, 0.6) is 5.75 Å². The minimum atomic E-state index is -4.75. The van der Waals surface area contributed by atoms with Gasteiger partial charge in [-0.3, -0.25) is 19.4 Å². The number of nitrogens with one attached hydrogen (secondary N) is 1. The Labute approximate surface area is 192 Å². The lowest BCUT2D eigenvalue weighted by molar-refractivity contribution is -0.274. The molecule has 184 valence electrons. The SMILES string of the molecule is CCC1CCCCN1C(=O)C(C)N1CCN(CC(=O)Nc2ccc(OC(F)(F)F)cc2)CC1. The molecule has 0 aliphatic carbocycles. The van der Waals surface area contributed by atoms with Crippen molar-refractivity contribution in [1.29, 1.82) is 0 Å². The molecule has 1 N–H and O–H groups in total. The van der Waals surface area contributed by atoms with Crippen molar-refractivity contribution in [2.45, 2.75) is 58.0 Å². The van der Waals surface area contributed by atoms with Crippen molar-refractivity contribution < 1.29 is 27.5 Å². The molecular weight excluding hydrogens is 437 g/mol. The fourth-order valence-corrected chi connectivity index (χ4v) is 4.56. The minimum Gasteiger partial charge on any atom is -0.406 e. The van der Waals surface area contributed by atoms with E-state index in [1.54, 1.807) is 0 Å². The van der Waals surface area contributed by atoms with E-state index in [4.69, 9.17) is 0 Å². The number of hydrogen-bond donors (Lipinski definition) is 1. The molecule has 2 unspecified atom stereocenters. The summed E-state index contributed by atoms with van der Waals surface area (Å²) in [6.07, 6.45) is -0.436. The second-order valence-corrected chi connectivity index (χ2v) is 8.70. The summed E-state index contributed by atoms with van der Waals surface area (Å²) >= 11 is 0. The molecule has 0 aromatic heterocycles. The van der Waals surface area contributed by atoms with E-state index < -0.39 is 6.36 Å². The van der Waals surface area contributed by atoms with Crippen molar-refractivity contribution in [3.8, 4) is 5.75 Å². The number of rotatable bonds is 7. The maximum Gasteiger partial charge on any atom is 0.573 e. The van der Waals surface area contributed by atoms with Crippen molar-refractivity contribution in [3.63, 3.8) is 0 Å². The number of carbonyl (C=O) groups excluding carboxylic acids is 2. The Hall–Kier alpha value is -2.33. The van der Waals surface area contributed by atoms with Gasteiger partial charge in [0, 0.05) is 44.5 Å². The maximum absolute atomic E-state index is 13.1. The first-order valence-corrected chi connectivity index (χ1v) is 11.6. The van der Waals surface area contributed by atoms with Crippen molar-refractivity contribution in [1.82, 2.24) is 14.7 Å². The van der Waals surface area contributed by atoms with Crippen LogP contribution in [-0.2, 0) is 9.59 Å². The molecule has 0 spiro atoms. The van der Waals surface area contributed by atoms with E-state index in [0.717, 1.165) is 37.9 Å². The predicted octanol–water partition coefficient (Wildman–Crippen LogP) is 3.32. The van der Waals surface area contributed by atoms with E-state index in [-0.39, 0.29) is 30.2 Å². The van der Waals surface area contributed by atoms with Gasteiger partial charge in [-0.25, -0.2) is 0 Å². The molecule has 2 heterocycles. The quantitative estimate of drug-likeness (QED) is 0.663. The first kappa shape index (κ1) is 25.3.